The van der Waals surface area contributed by atoms with Crippen molar-refractivity contribution in [1.82, 2.24) is 13.3 Å². The van der Waals surface area contributed by atoms with Crippen LogP contribution in [0.3, 0.4) is 0 Å². The van der Waals surface area contributed by atoms with Gasteiger partial charge in [-0.15, -0.1) is 11.6 Å². The summed E-state index contributed by atoms with van der Waals surface area (Å²) in [5.74, 6) is 0. The topological polar surface area (TPSA) is 75.4 Å². The van der Waals surface area contributed by atoms with Crippen molar-refractivity contribution >= 4 is 21.8 Å². The number of imidazole rings is 1. The summed E-state index contributed by atoms with van der Waals surface area (Å²) in [5.41, 5.74) is 0.527. The van der Waals surface area contributed by atoms with Crippen LogP contribution < -0.4 is 0 Å². The summed E-state index contributed by atoms with van der Waals surface area (Å²) in [6, 6.07) is 0. The van der Waals surface area contributed by atoms with Crippen LogP contribution in [0.25, 0.3) is 0 Å². The van der Waals surface area contributed by atoms with Crippen LogP contribution in [-0.2, 0) is 16.6 Å². The van der Waals surface area contributed by atoms with Crippen LogP contribution in [0, 0.1) is 0 Å². The summed E-state index contributed by atoms with van der Waals surface area (Å²) in [5, 5.41) is 8.30. The highest BCUT2D eigenvalue weighted by Crippen LogP contribution is 2.08. The van der Waals surface area contributed by atoms with Crippen LogP contribution in [0.5, 0.6) is 0 Å². The van der Waals surface area contributed by atoms with Gasteiger partial charge in [0, 0.05) is 26.7 Å². The molecule has 1 rings (SSSR count). The van der Waals surface area contributed by atoms with Crippen molar-refractivity contribution in [2.75, 3.05) is 20.7 Å². The Balaban J connectivity index is 2.88. The van der Waals surface area contributed by atoms with Gasteiger partial charge in [0.1, 0.15) is 6.33 Å². The van der Waals surface area contributed by atoms with E-state index in [0.29, 0.717) is 12.1 Å². The fourth-order valence-corrected chi connectivity index (χ4v) is 2.01. The Hall–Kier alpha value is -0.630. The molecule has 0 aliphatic rings. The van der Waals surface area contributed by atoms with Crippen molar-refractivity contribution in [2.24, 2.45) is 0 Å². The number of aliphatic hydroxyl groups excluding tert-OH is 1. The van der Waals surface area contributed by atoms with Crippen LogP contribution in [0.2, 0.25) is 0 Å². The summed E-state index contributed by atoms with van der Waals surface area (Å²) in [6.45, 7) is -0.172. The Morgan fingerprint density at radius 1 is 1.62 bits per heavy atom. The first-order valence-electron chi connectivity index (χ1n) is 4.58. The maximum atomic E-state index is 11.7. The van der Waals surface area contributed by atoms with Crippen molar-refractivity contribution in [3.8, 4) is 0 Å². The molecule has 0 saturated heterocycles. The molecule has 0 aromatic carbocycles. The number of rotatable bonds is 5. The lowest BCUT2D eigenvalue weighted by molar-refractivity contribution is 0.291. The Kier molecular flexibility index (Phi) is 4.31. The minimum Gasteiger partial charge on any atom is -0.395 e. The normalized spacial score (nSPS) is 14.3. The van der Waals surface area contributed by atoms with Crippen molar-refractivity contribution in [3.63, 3.8) is 0 Å². The quantitative estimate of drug-likeness (QED) is 0.742. The van der Waals surface area contributed by atoms with E-state index in [2.05, 4.69) is 4.98 Å². The van der Waals surface area contributed by atoms with E-state index in [4.69, 9.17) is 16.7 Å². The maximum absolute atomic E-state index is 11.7. The van der Waals surface area contributed by atoms with Crippen LogP contribution in [0.1, 0.15) is 5.69 Å². The van der Waals surface area contributed by atoms with Crippen molar-refractivity contribution in [2.45, 2.75) is 11.8 Å². The summed E-state index contributed by atoms with van der Waals surface area (Å²) in [7, 11) is -0.641. The predicted octanol–water partition coefficient (Wildman–Crippen LogP) is -0.320. The molecule has 0 aliphatic carbocycles. The molecule has 1 aromatic rings. The van der Waals surface area contributed by atoms with Gasteiger partial charge in [0.25, 0.3) is 0 Å². The lowest BCUT2D eigenvalue weighted by Crippen LogP contribution is -2.27. The van der Waals surface area contributed by atoms with Gasteiger partial charge in [-0.25, -0.2) is 8.96 Å². The zero-order chi connectivity index (χ0) is 12.3. The molecule has 0 fully saturated rings. The molecule has 0 aliphatic heterocycles. The number of nitrogens with zero attached hydrogens (tertiary/aromatic N) is 3. The summed E-state index contributed by atoms with van der Waals surface area (Å²) in [4.78, 5) is 3.91. The lowest BCUT2D eigenvalue weighted by atomic mass is 10.2. The Labute approximate surface area is 99.6 Å². The fraction of sp³-hybridized carbons (Fsp3) is 0.625. The molecule has 16 heavy (non-hydrogen) atoms. The van der Waals surface area contributed by atoms with Crippen LogP contribution in [-0.4, -0.2) is 52.9 Å². The van der Waals surface area contributed by atoms with E-state index in [-0.39, 0.29) is 6.61 Å². The highest BCUT2D eigenvalue weighted by atomic mass is 35.5. The second kappa shape index (κ2) is 5.13. The first-order valence-corrected chi connectivity index (χ1v) is 6.42. The molecule has 92 valence electrons. The average Bonchev–Trinajstić information content (AvgIpc) is 2.66. The van der Waals surface area contributed by atoms with Gasteiger partial charge in [-0.2, -0.15) is 12.7 Å². The fourth-order valence-electron chi connectivity index (χ4n) is 1.06. The van der Waals surface area contributed by atoms with E-state index >= 15 is 0 Å². The van der Waals surface area contributed by atoms with Crippen LogP contribution in [0.15, 0.2) is 12.5 Å². The summed E-state index contributed by atoms with van der Waals surface area (Å²) < 4.78 is 25.4. The van der Waals surface area contributed by atoms with Gasteiger partial charge >= 0.3 is 10.2 Å². The number of halogens is 1. The molecule has 0 spiro atoms. The molecule has 0 bridgehead atoms. The number of aliphatic hydroxyl groups is 1. The van der Waals surface area contributed by atoms with Crippen molar-refractivity contribution in [1.29, 1.82) is 0 Å². The van der Waals surface area contributed by atoms with Crippen molar-refractivity contribution in [3.05, 3.63) is 18.2 Å². The van der Waals surface area contributed by atoms with Gasteiger partial charge in [-0.05, 0) is 0 Å². The molecule has 1 aromatic heterocycles. The lowest BCUT2D eigenvalue weighted by Gasteiger charge is -2.10. The van der Waals surface area contributed by atoms with Gasteiger partial charge in [0.05, 0.1) is 17.7 Å². The van der Waals surface area contributed by atoms with Gasteiger partial charge in [-0.3, -0.25) is 0 Å². The summed E-state index contributed by atoms with van der Waals surface area (Å²) >= 11 is 5.73. The van der Waals surface area contributed by atoms with Gasteiger partial charge in [0.2, 0.25) is 0 Å². The highest BCUT2D eigenvalue weighted by Gasteiger charge is 2.17. The second-order valence-electron chi connectivity index (χ2n) is 3.47. The molecule has 1 atom stereocenters. The van der Waals surface area contributed by atoms with Gasteiger partial charge in [0.15, 0.2) is 0 Å². The minimum absolute atomic E-state index is 0.172. The van der Waals surface area contributed by atoms with E-state index in [1.807, 2.05) is 0 Å². The maximum Gasteiger partial charge on any atom is 0.308 e. The average molecular weight is 268 g/mol. The van der Waals surface area contributed by atoms with E-state index in [0.717, 1.165) is 8.28 Å². The molecule has 0 unspecified atom stereocenters. The largest absolute Gasteiger partial charge is 0.395 e. The molecule has 0 amide bonds. The molecule has 0 saturated carbocycles. The third-order valence-corrected chi connectivity index (χ3v) is 3.92. The smallest absolute Gasteiger partial charge is 0.308 e. The Bertz CT molecular complexity index is 443. The summed E-state index contributed by atoms with van der Waals surface area (Å²) in [6.07, 6.45) is 2.93. The zero-order valence-corrected chi connectivity index (χ0v) is 10.6. The third kappa shape index (κ3) is 2.94. The Morgan fingerprint density at radius 3 is 2.75 bits per heavy atom. The number of hydrogen-bond acceptors (Lipinski definition) is 4. The molecular weight excluding hydrogens is 254 g/mol. The van der Waals surface area contributed by atoms with E-state index in [1.54, 1.807) is 0 Å². The van der Waals surface area contributed by atoms with E-state index in [9.17, 15) is 8.42 Å². The first-order chi connectivity index (χ1) is 7.37. The molecule has 0 radical (unpaired) electrons. The molecule has 1 N–H and O–H groups in total. The first kappa shape index (κ1) is 13.4. The number of alkyl halides is 1. The van der Waals surface area contributed by atoms with Gasteiger partial charge < -0.3 is 5.11 Å². The SMILES string of the molecule is CN(C)S(=O)(=O)n1cnc(C[C@@H](Cl)CO)c1. The molecule has 1 heterocycles. The second-order valence-corrected chi connectivity index (χ2v) is 6.13. The molecule has 8 heteroatoms. The minimum atomic E-state index is -3.52. The van der Waals surface area contributed by atoms with Gasteiger partial charge in [-0.1, -0.05) is 0 Å². The van der Waals surface area contributed by atoms with Crippen molar-refractivity contribution < 1.29 is 13.5 Å². The standard InChI is InChI=1S/C8H14ClN3O3S/c1-11(2)16(14,15)12-4-8(10-6-12)3-7(9)5-13/h4,6-7,13H,3,5H2,1-2H3/t7-/m1/s1. The Morgan fingerprint density at radius 2 is 2.25 bits per heavy atom. The monoisotopic (exact) mass is 267 g/mol. The van der Waals surface area contributed by atoms with Crippen LogP contribution >= 0.6 is 11.6 Å². The van der Waals surface area contributed by atoms with Crippen LogP contribution in [0.4, 0.5) is 0 Å². The molecular formula is C8H14ClN3O3S. The van der Waals surface area contributed by atoms with E-state index in [1.165, 1.54) is 26.6 Å². The highest BCUT2D eigenvalue weighted by molar-refractivity contribution is 7.87. The molecule has 6 nitrogen and oxygen atoms in total. The number of hydrogen-bond donors (Lipinski definition) is 1. The zero-order valence-electron chi connectivity index (χ0n) is 9.04. The predicted molar refractivity (Wildman–Crippen MR) is 60.7 cm³/mol. The van der Waals surface area contributed by atoms with E-state index < -0.39 is 15.6 Å². The third-order valence-electron chi connectivity index (χ3n) is 1.97. The number of aromatic nitrogens is 2.